The lowest BCUT2D eigenvalue weighted by Crippen LogP contribution is -2.01. The highest BCUT2D eigenvalue weighted by Gasteiger charge is 2.20. The van der Waals surface area contributed by atoms with E-state index in [2.05, 4.69) is 38.5 Å². The molecule has 0 saturated carbocycles. The first-order valence-electron chi connectivity index (χ1n) is 5.98. The van der Waals surface area contributed by atoms with Gasteiger partial charge in [0.05, 0.1) is 19.0 Å². The van der Waals surface area contributed by atoms with Crippen LogP contribution in [0.5, 0.6) is 11.5 Å². The average Bonchev–Trinajstić information content (AvgIpc) is 2.48. The third kappa shape index (κ3) is 3.63. The quantitative estimate of drug-likeness (QED) is 0.416. The molecule has 0 N–H and O–H groups in total. The minimum Gasteiger partial charge on any atom is -0.493 e. The maximum atomic E-state index is 14.3. The zero-order valence-corrected chi connectivity index (χ0v) is 15.8. The van der Waals surface area contributed by atoms with E-state index in [4.69, 9.17) is 21.1 Å². The molecule has 0 fully saturated rings. The predicted molar refractivity (Wildman–Crippen MR) is 94.4 cm³/mol. The van der Waals surface area contributed by atoms with Crippen molar-refractivity contribution in [1.29, 1.82) is 0 Å². The highest BCUT2D eigenvalue weighted by atomic mass is 127. The molecule has 2 nitrogen and oxygen atoms in total. The van der Waals surface area contributed by atoms with Crippen LogP contribution < -0.4 is 9.47 Å². The van der Waals surface area contributed by atoms with E-state index in [1.165, 1.54) is 20.3 Å². The minimum absolute atomic E-state index is 0.331. The predicted octanol–water partition coefficient (Wildman–Crippen LogP) is 5.59. The minimum atomic E-state index is -0.370. The first-order valence-corrected chi connectivity index (χ1v) is 8.35. The molecule has 0 saturated heterocycles. The largest absolute Gasteiger partial charge is 0.493 e. The van der Waals surface area contributed by atoms with Crippen molar-refractivity contribution < 1.29 is 13.9 Å². The molecule has 0 aromatic heterocycles. The summed E-state index contributed by atoms with van der Waals surface area (Å²) in [6.45, 7) is 0. The van der Waals surface area contributed by atoms with E-state index < -0.39 is 0 Å². The molecule has 0 aliphatic rings. The van der Waals surface area contributed by atoms with E-state index in [0.717, 1.165) is 9.13 Å². The van der Waals surface area contributed by atoms with Gasteiger partial charge >= 0.3 is 0 Å². The highest BCUT2D eigenvalue weighted by molar-refractivity contribution is 14.1. The van der Waals surface area contributed by atoms with Crippen LogP contribution in [0.2, 0.25) is 5.02 Å². The number of benzene rings is 2. The van der Waals surface area contributed by atoms with Gasteiger partial charge in [-0.1, -0.05) is 27.5 Å². The lowest BCUT2D eigenvalue weighted by atomic mass is 10.0. The smallest absolute Gasteiger partial charge is 0.163 e. The van der Waals surface area contributed by atoms with Crippen molar-refractivity contribution in [2.24, 2.45) is 0 Å². The molecular weight excluding hydrogens is 473 g/mol. The molecule has 0 aliphatic carbocycles. The standard InChI is InChI=1S/C15H12BrClFIO2/c1-20-13-6-9(11(18)7-14(13)21-2)15(16)10-5-8(17)3-4-12(10)19/h3-7,15H,1-2H3. The zero-order chi connectivity index (χ0) is 15.6. The van der Waals surface area contributed by atoms with Gasteiger partial charge in [0.2, 0.25) is 0 Å². The Morgan fingerprint density at radius 1 is 1.10 bits per heavy atom. The molecule has 0 amide bonds. The van der Waals surface area contributed by atoms with Gasteiger partial charge in [-0.3, -0.25) is 0 Å². The van der Waals surface area contributed by atoms with Crippen molar-refractivity contribution in [2.45, 2.75) is 4.83 Å². The van der Waals surface area contributed by atoms with Crippen LogP contribution in [-0.4, -0.2) is 14.2 Å². The van der Waals surface area contributed by atoms with Gasteiger partial charge in [0.25, 0.3) is 0 Å². The fourth-order valence-corrected chi connectivity index (χ4v) is 3.93. The Bertz CT molecular complexity index is 666. The van der Waals surface area contributed by atoms with Crippen LogP contribution in [0.3, 0.4) is 0 Å². The molecule has 0 bridgehead atoms. The summed E-state index contributed by atoms with van der Waals surface area (Å²) in [7, 11) is 2.99. The third-order valence-electron chi connectivity index (χ3n) is 3.01. The zero-order valence-electron chi connectivity index (χ0n) is 11.3. The molecule has 0 spiro atoms. The Morgan fingerprint density at radius 2 is 1.71 bits per heavy atom. The van der Waals surface area contributed by atoms with Crippen LogP contribution in [0.1, 0.15) is 16.0 Å². The fraction of sp³-hybridized carbons (Fsp3) is 0.200. The van der Waals surface area contributed by atoms with Crippen molar-refractivity contribution in [1.82, 2.24) is 0 Å². The Balaban J connectivity index is 2.52. The van der Waals surface area contributed by atoms with Crippen molar-refractivity contribution in [2.75, 3.05) is 14.2 Å². The Kier molecular flexibility index (Phi) is 5.73. The maximum absolute atomic E-state index is 14.3. The van der Waals surface area contributed by atoms with E-state index in [0.29, 0.717) is 22.1 Å². The number of hydrogen-bond acceptors (Lipinski definition) is 2. The summed E-state index contributed by atoms with van der Waals surface area (Å²) >= 11 is 11.8. The third-order valence-corrected chi connectivity index (χ3v) is 5.21. The van der Waals surface area contributed by atoms with Gasteiger partial charge in [-0.05, 0) is 52.4 Å². The van der Waals surface area contributed by atoms with Crippen molar-refractivity contribution in [3.8, 4) is 11.5 Å². The molecule has 2 aromatic carbocycles. The summed E-state index contributed by atoms with van der Waals surface area (Å²) in [6.07, 6.45) is 0. The second-order valence-electron chi connectivity index (χ2n) is 4.26. The second-order valence-corrected chi connectivity index (χ2v) is 6.77. The van der Waals surface area contributed by atoms with Crippen molar-refractivity contribution in [3.63, 3.8) is 0 Å². The average molecular weight is 486 g/mol. The van der Waals surface area contributed by atoms with Crippen LogP contribution in [-0.2, 0) is 0 Å². The highest BCUT2D eigenvalue weighted by Crippen LogP contribution is 2.40. The first-order chi connectivity index (χ1) is 9.97. The van der Waals surface area contributed by atoms with Crippen LogP contribution >= 0.6 is 50.1 Å². The normalized spacial score (nSPS) is 12.1. The fourth-order valence-electron chi connectivity index (χ4n) is 1.94. The summed E-state index contributed by atoms with van der Waals surface area (Å²) in [5, 5.41) is 0.607. The summed E-state index contributed by atoms with van der Waals surface area (Å²) in [5.74, 6) is 0.472. The van der Waals surface area contributed by atoms with Gasteiger partial charge in [0.1, 0.15) is 5.82 Å². The van der Waals surface area contributed by atoms with Gasteiger partial charge < -0.3 is 9.47 Å². The Labute approximate surface area is 149 Å². The summed E-state index contributed by atoms with van der Waals surface area (Å²) < 4.78 is 25.6. The Morgan fingerprint density at radius 3 is 2.33 bits per heavy atom. The number of alkyl halides is 1. The van der Waals surface area contributed by atoms with E-state index in [1.807, 2.05) is 12.1 Å². The second kappa shape index (κ2) is 7.15. The van der Waals surface area contributed by atoms with Gasteiger partial charge in [-0.15, -0.1) is 0 Å². The number of hydrogen-bond donors (Lipinski definition) is 0. The molecular formula is C15H12BrClFIO2. The van der Waals surface area contributed by atoms with Crippen LogP contribution in [0.25, 0.3) is 0 Å². The van der Waals surface area contributed by atoms with Gasteiger partial charge in [0, 0.05) is 20.2 Å². The molecule has 0 radical (unpaired) electrons. The molecule has 21 heavy (non-hydrogen) atoms. The van der Waals surface area contributed by atoms with Gasteiger partial charge in [-0.2, -0.15) is 0 Å². The lowest BCUT2D eigenvalue weighted by Gasteiger charge is -2.16. The molecule has 1 atom stereocenters. The van der Waals surface area contributed by atoms with E-state index in [1.54, 1.807) is 12.1 Å². The maximum Gasteiger partial charge on any atom is 0.163 e. The number of halogens is 4. The Hall–Kier alpha value is -0.530. The summed E-state index contributed by atoms with van der Waals surface area (Å²) in [6, 6.07) is 8.46. The van der Waals surface area contributed by atoms with E-state index >= 15 is 0 Å². The molecule has 2 aromatic rings. The number of rotatable bonds is 4. The number of methoxy groups -OCH3 is 2. The molecule has 0 heterocycles. The van der Waals surface area contributed by atoms with Crippen LogP contribution in [0.15, 0.2) is 30.3 Å². The lowest BCUT2D eigenvalue weighted by molar-refractivity contribution is 0.351. The van der Waals surface area contributed by atoms with E-state index in [-0.39, 0.29) is 10.6 Å². The van der Waals surface area contributed by atoms with Crippen molar-refractivity contribution in [3.05, 3.63) is 55.9 Å². The SMILES string of the molecule is COc1cc(F)c(C(Br)c2cc(Cl)ccc2I)cc1OC. The summed E-state index contributed by atoms with van der Waals surface area (Å²) in [5.41, 5.74) is 1.36. The molecule has 0 aliphatic heterocycles. The van der Waals surface area contributed by atoms with Crippen LogP contribution in [0.4, 0.5) is 4.39 Å². The van der Waals surface area contributed by atoms with Crippen molar-refractivity contribution >= 4 is 50.1 Å². The van der Waals surface area contributed by atoms with E-state index in [9.17, 15) is 4.39 Å². The molecule has 2 rings (SSSR count). The topological polar surface area (TPSA) is 18.5 Å². The van der Waals surface area contributed by atoms with Gasteiger partial charge in [-0.25, -0.2) is 4.39 Å². The monoisotopic (exact) mass is 484 g/mol. The van der Waals surface area contributed by atoms with Gasteiger partial charge in [0.15, 0.2) is 11.5 Å². The molecule has 6 heteroatoms. The number of ether oxygens (including phenoxy) is 2. The van der Waals surface area contributed by atoms with Crippen LogP contribution in [0, 0.1) is 9.39 Å². The molecule has 112 valence electrons. The first kappa shape index (κ1) is 16.8. The summed E-state index contributed by atoms with van der Waals surface area (Å²) in [4.78, 5) is -0.331. The molecule has 1 unspecified atom stereocenters.